The van der Waals surface area contributed by atoms with E-state index in [1.165, 1.54) is 16.7 Å². The quantitative estimate of drug-likeness (QED) is 0.341. The fourth-order valence-electron chi connectivity index (χ4n) is 4.86. The van der Waals surface area contributed by atoms with Gasteiger partial charge in [-0.3, -0.25) is 0 Å². The Morgan fingerprint density at radius 2 is 1.67 bits per heavy atom. The van der Waals surface area contributed by atoms with Gasteiger partial charge in [0, 0.05) is 38.4 Å². The molecule has 1 aromatic heterocycles. The number of piperazine rings is 1. The van der Waals surface area contributed by atoms with Gasteiger partial charge in [-0.25, -0.2) is 4.98 Å². The smallest absolute Gasteiger partial charge is 0.247 e. The van der Waals surface area contributed by atoms with E-state index in [1.54, 1.807) is 0 Å². The van der Waals surface area contributed by atoms with Gasteiger partial charge >= 0.3 is 0 Å². The number of aryl methyl sites for hydroxylation is 3. The number of benzene rings is 3. The molecule has 1 aliphatic rings. The second-order valence-corrected chi connectivity index (χ2v) is 9.51. The fourth-order valence-corrected chi connectivity index (χ4v) is 4.86. The Morgan fingerprint density at radius 3 is 2.42 bits per heavy atom. The lowest BCUT2D eigenvalue weighted by Crippen LogP contribution is -2.43. The normalized spacial score (nSPS) is 14.2. The number of anilines is 2. The molecule has 1 aliphatic heterocycles. The number of nitrogens with one attached hydrogen (secondary N) is 2. The van der Waals surface area contributed by atoms with Crippen LogP contribution in [0.4, 0.5) is 11.6 Å². The number of hydrogen-bond acceptors (Lipinski definition) is 7. The Bertz CT molecular complexity index is 1310. The predicted molar refractivity (Wildman–Crippen MR) is 146 cm³/mol. The van der Waals surface area contributed by atoms with Crippen LogP contribution in [0.3, 0.4) is 0 Å². The van der Waals surface area contributed by atoms with Crippen molar-refractivity contribution in [2.45, 2.75) is 27.2 Å². The molecule has 7 nitrogen and oxygen atoms in total. The van der Waals surface area contributed by atoms with Crippen molar-refractivity contribution < 1.29 is 4.74 Å². The average molecular weight is 483 g/mol. The lowest BCUT2D eigenvalue weighted by atomic mass is 9.94. The molecule has 4 aromatic rings. The monoisotopic (exact) mass is 482 g/mol. The Kier molecular flexibility index (Phi) is 7.39. The van der Waals surface area contributed by atoms with Gasteiger partial charge in [0.25, 0.3) is 0 Å². The molecule has 1 fully saturated rings. The van der Waals surface area contributed by atoms with Gasteiger partial charge in [0.1, 0.15) is 11.3 Å². The molecule has 0 saturated carbocycles. The van der Waals surface area contributed by atoms with Gasteiger partial charge in [-0.1, -0.05) is 18.2 Å². The van der Waals surface area contributed by atoms with Crippen LogP contribution in [0, 0.1) is 20.8 Å². The van der Waals surface area contributed by atoms with Crippen molar-refractivity contribution in [3.05, 3.63) is 71.3 Å². The molecule has 0 unspecified atom stereocenters. The zero-order valence-electron chi connectivity index (χ0n) is 21.3. The molecule has 0 radical (unpaired) electrons. The third-order valence-electron chi connectivity index (χ3n) is 6.73. The van der Waals surface area contributed by atoms with Crippen molar-refractivity contribution >= 4 is 22.7 Å². The fraction of sp³-hybridized carbons (Fsp3) is 0.345. The Balaban J connectivity index is 1.22. The molecule has 7 heteroatoms. The minimum absolute atomic E-state index is 0.482. The summed E-state index contributed by atoms with van der Waals surface area (Å²) in [5.41, 5.74) is 8.52. The lowest BCUT2D eigenvalue weighted by molar-refractivity contribution is 0.214. The summed E-state index contributed by atoms with van der Waals surface area (Å²) in [4.78, 5) is 7.23. The van der Waals surface area contributed by atoms with Gasteiger partial charge < -0.3 is 20.3 Å². The molecule has 1 saturated heterocycles. The van der Waals surface area contributed by atoms with Gasteiger partial charge in [0.15, 0.2) is 0 Å². The Labute approximate surface area is 212 Å². The van der Waals surface area contributed by atoms with Crippen LogP contribution in [0.2, 0.25) is 0 Å². The minimum atomic E-state index is 0.482. The molecule has 2 N–H and O–H groups in total. The maximum absolute atomic E-state index is 5.93. The molecular weight excluding hydrogens is 448 g/mol. The van der Waals surface area contributed by atoms with E-state index in [2.05, 4.69) is 76.8 Å². The zero-order valence-corrected chi connectivity index (χ0v) is 21.3. The Hall–Kier alpha value is -3.55. The molecule has 3 aromatic carbocycles. The molecule has 5 rings (SSSR count). The summed E-state index contributed by atoms with van der Waals surface area (Å²) in [5.74, 6) is 1.35. The maximum Gasteiger partial charge on any atom is 0.247 e. The summed E-state index contributed by atoms with van der Waals surface area (Å²) in [5, 5.41) is 15.5. The van der Waals surface area contributed by atoms with Gasteiger partial charge in [0.2, 0.25) is 5.95 Å². The van der Waals surface area contributed by atoms with Crippen LogP contribution in [0.15, 0.2) is 54.6 Å². The number of ether oxygens (including phenoxy) is 1. The zero-order chi connectivity index (χ0) is 24.9. The van der Waals surface area contributed by atoms with Crippen LogP contribution in [0.5, 0.6) is 5.75 Å². The number of hydrogen-bond donors (Lipinski definition) is 2. The summed E-state index contributed by atoms with van der Waals surface area (Å²) in [6.45, 7) is 12.6. The van der Waals surface area contributed by atoms with E-state index in [4.69, 9.17) is 9.72 Å². The maximum atomic E-state index is 5.93. The number of aromatic nitrogens is 3. The first kappa shape index (κ1) is 24.2. The van der Waals surface area contributed by atoms with E-state index >= 15 is 0 Å². The summed E-state index contributed by atoms with van der Waals surface area (Å²) in [6, 6.07) is 18.6. The molecule has 0 aliphatic carbocycles. The molecule has 186 valence electrons. The van der Waals surface area contributed by atoms with E-state index in [0.29, 0.717) is 5.95 Å². The number of fused-ring (bicyclic) bond motifs is 1. The van der Waals surface area contributed by atoms with Gasteiger partial charge in [-0.2, -0.15) is 0 Å². The highest BCUT2D eigenvalue weighted by molar-refractivity contribution is 5.86. The van der Waals surface area contributed by atoms with E-state index in [1.807, 2.05) is 24.3 Å². The van der Waals surface area contributed by atoms with Crippen LogP contribution in [0.25, 0.3) is 22.2 Å². The van der Waals surface area contributed by atoms with Crippen molar-refractivity contribution in [2.24, 2.45) is 0 Å². The molecule has 0 amide bonds. The summed E-state index contributed by atoms with van der Waals surface area (Å²) < 4.78 is 5.93. The standard InChI is InChI=1S/C29H34N6O/c1-20-6-4-7-21(2)27(20)23-18-22(3)28-26(19-23)33-34-29(32-28)31-24-8-10-25(11-9-24)36-17-5-14-35-15-12-30-13-16-35/h4,6-11,18-19,30H,5,12-17H2,1-3H3,(H,31,32,34). The molecule has 36 heavy (non-hydrogen) atoms. The van der Waals surface area contributed by atoms with E-state index in [0.717, 1.165) is 79.3 Å². The summed E-state index contributed by atoms with van der Waals surface area (Å²) >= 11 is 0. The first-order valence-electron chi connectivity index (χ1n) is 12.7. The van der Waals surface area contributed by atoms with Crippen LogP contribution >= 0.6 is 0 Å². The first-order chi connectivity index (χ1) is 17.6. The van der Waals surface area contributed by atoms with Gasteiger partial charge in [0.05, 0.1) is 12.1 Å². The predicted octanol–water partition coefficient (Wildman–Crippen LogP) is 5.03. The van der Waals surface area contributed by atoms with Crippen LogP contribution in [-0.2, 0) is 0 Å². The van der Waals surface area contributed by atoms with E-state index < -0.39 is 0 Å². The second kappa shape index (κ2) is 11.0. The third-order valence-corrected chi connectivity index (χ3v) is 6.73. The molecule has 0 bridgehead atoms. The van der Waals surface area contributed by atoms with Crippen molar-refractivity contribution in [1.29, 1.82) is 0 Å². The Morgan fingerprint density at radius 1 is 0.917 bits per heavy atom. The number of nitrogens with zero attached hydrogens (tertiary/aromatic N) is 4. The SMILES string of the molecule is Cc1cccc(C)c1-c1cc(C)c2nc(Nc3ccc(OCCCN4CCNCC4)cc3)nnc2c1. The van der Waals surface area contributed by atoms with Crippen LogP contribution in [0.1, 0.15) is 23.1 Å². The van der Waals surface area contributed by atoms with Gasteiger partial charge in [-0.15, -0.1) is 10.2 Å². The topological polar surface area (TPSA) is 75.2 Å². The lowest BCUT2D eigenvalue weighted by Gasteiger charge is -2.26. The summed E-state index contributed by atoms with van der Waals surface area (Å²) in [6.07, 6.45) is 1.03. The van der Waals surface area contributed by atoms with Crippen molar-refractivity contribution in [3.63, 3.8) is 0 Å². The van der Waals surface area contributed by atoms with Gasteiger partial charge in [-0.05, 0) is 91.4 Å². The van der Waals surface area contributed by atoms with E-state index in [-0.39, 0.29) is 0 Å². The van der Waals surface area contributed by atoms with Crippen molar-refractivity contribution in [2.75, 3.05) is 44.6 Å². The van der Waals surface area contributed by atoms with Crippen molar-refractivity contribution in [3.8, 4) is 16.9 Å². The van der Waals surface area contributed by atoms with Crippen molar-refractivity contribution in [1.82, 2.24) is 25.4 Å². The van der Waals surface area contributed by atoms with E-state index in [9.17, 15) is 0 Å². The largest absolute Gasteiger partial charge is 0.494 e. The minimum Gasteiger partial charge on any atom is -0.494 e. The number of rotatable bonds is 8. The second-order valence-electron chi connectivity index (χ2n) is 9.51. The highest BCUT2D eigenvalue weighted by Gasteiger charge is 2.12. The average Bonchev–Trinajstić information content (AvgIpc) is 2.88. The molecular formula is C29H34N6O. The summed E-state index contributed by atoms with van der Waals surface area (Å²) in [7, 11) is 0. The van der Waals surface area contributed by atoms with Crippen LogP contribution in [-0.4, -0.2) is 59.4 Å². The highest BCUT2D eigenvalue weighted by Crippen LogP contribution is 2.31. The molecule has 0 spiro atoms. The van der Waals surface area contributed by atoms with Crippen LogP contribution < -0.4 is 15.4 Å². The first-order valence-corrected chi connectivity index (χ1v) is 12.7. The third kappa shape index (κ3) is 5.64. The molecule has 2 heterocycles. The molecule has 0 atom stereocenters. The highest BCUT2D eigenvalue weighted by atomic mass is 16.5.